The molecule has 0 saturated carbocycles. The molecule has 1 N–H and O–H groups in total. The number of aryl methyl sites for hydroxylation is 3. The summed E-state index contributed by atoms with van der Waals surface area (Å²) in [5.74, 6) is -0.828. The Morgan fingerprint density at radius 3 is 2.41 bits per heavy atom. The van der Waals surface area contributed by atoms with E-state index in [9.17, 15) is 9.59 Å². The lowest BCUT2D eigenvalue weighted by Crippen LogP contribution is -2.22. The normalized spacial score (nSPS) is 10.6. The van der Waals surface area contributed by atoms with Crippen LogP contribution in [-0.2, 0) is 27.2 Å². The fourth-order valence-electron chi connectivity index (χ4n) is 2.94. The molecule has 1 heterocycles. The second kappa shape index (κ2) is 9.47. The van der Waals surface area contributed by atoms with Crippen molar-refractivity contribution in [3.8, 4) is 10.6 Å². The maximum atomic E-state index is 12.1. The summed E-state index contributed by atoms with van der Waals surface area (Å²) in [6.07, 6.45) is 1.03. The summed E-state index contributed by atoms with van der Waals surface area (Å²) in [5, 5.41) is 5.52. The molecule has 0 aliphatic heterocycles. The molecule has 0 aliphatic carbocycles. The third-order valence-corrected chi connectivity index (χ3v) is 5.54. The molecular formula is C23H24N2O3S. The van der Waals surface area contributed by atoms with Crippen LogP contribution in [0.3, 0.4) is 0 Å². The SMILES string of the molecule is CCc1ccc(-c2nc(CC(=O)OCC(=O)Nc3c(C)cccc3C)cs2)cc1. The Morgan fingerprint density at radius 2 is 1.76 bits per heavy atom. The first kappa shape index (κ1) is 20.7. The number of ether oxygens (including phenoxy) is 1. The van der Waals surface area contributed by atoms with Crippen molar-refractivity contribution in [2.24, 2.45) is 0 Å². The van der Waals surface area contributed by atoms with Crippen LogP contribution in [-0.4, -0.2) is 23.5 Å². The number of nitrogens with one attached hydrogen (secondary N) is 1. The van der Waals surface area contributed by atoms with Gasteiger partial charge in [-0.2, -0.15) is 0 Å². The Labute approximate surface area is 174 Å². The van der Waals surface area contributed by atoms with Gasteiger partial charge in [0.25, 0.3) is 5.91 Å². The van der Waals surface area contributed by atoms with Crippen LogP contribution in [0.25, 0.3) is 10.6 Å². The van der Waals surface area contributed by atoms with Gasteiger partial charge in [0.2, 0.25) is 0 Å². The molecule has 3 rings (SSSR count). The molecule has 150 valence electrons. The van der Waals surface area contributed by atoms with Crippen molar-refractivity contribution in [1.29, 1.82) is 0 Å². The largest absolute Gasteiger partial charge is 0.455 e. The third-order valence-electron chi connectivity index (χ3n) is 4.60. The van der Waals surface area contributed by atoms with Crippen LogP contribution in [0, 0.1) is 13.8 Å². The molecule has 2 aromatic carbocycles. The molecule has 0 atom stereocenters. The molecular weight excluding hydrogens is 384 g/mol. The smallest absolute Gasteiger partial charge is 0.312 e. The molecule has 29 heavy (non-hydrogen) atoms. The van der Waals surface area contributed by atoms with E-state index in [1.807, 2.05) is 49.6 Å². The molecule has 1 amide bonds. The van der Waals surface area contributed by atoms with Crippen LogP contribution in [0.1, 0.15) is 29.3 Å². The highest BCUT2D eigenvalue weighted by Crippen LogP contribution is 2.24. The van der Waals surface area contributed by atoms with E-state index in [-0.39, 0.29) is 18.9 Å². The van der Waals surface area contributed by atoms with Gasteiger partial charge in [0, 0.05) is 16.6 Å². The number of hydrogen-bond acceptors (Lipinski definition) is 5. The minimum atomic E-state index is -0.472. The van der Waals surface area contributed by atoms with E-state index >= 15 is 0 Å². The molecule has 0 bridgehead atoms. The van der Waals surface area contributed by atoms with Crippen molar-refractivity contribution in [2.75, 3.05) is 11.9 Å². The van der Waals surface area contributed by atoms with E-state index in [1.54, 1.807) is 0 Å². The summed E-state index contributed by atoms with van der Waals surface area (Å²) in [5.41, 5.74) is 5.63. The van der Waals surface area contributed by atoms with Gasteiger partial charge in [-0.25, -0.2) is 4.98 Å². The Balaban J connectivity index is 1.52. The van der Waals surface area contributed by atoms with Gasteiger partial charge in [-0.15, -0.1) is 11.3 Å². The van der Waals surface area contributed by atoms with Crippen molar-refractivity contribution < 1.29 is 14.3 Å². The van der Waals surface area contributed by atoms with Crippen LogP contribution in [0.2, 0.25) is 0 Å². The predicted molar refractivity (Wildman–Crippen MR) is 116 cm³/mol. The summed E-state index contributed by atoms with van der Waals surface area (Å²) in [7, 11) is 0. The minimum Gasteiger partial charge on any atom is -0.455 e. The van der Waals surface area contributed by atoms with Crippen molar-refractivity contribution in [3.05, 3.63) is 70.2 Å². The van der Waals surface area contributed by atoms with Crippen LogP contribution < -0.4 is 5.32 Å². The van der Waals surface area contributed by atoms with E-state index in [4.69, 9.17) is 4.74 Å². The molecule has 0 fully saturated rings. The van der Waals surface area contributed by atoms with Gasteiger partial charge in [-0.1, -0.05) is 49.4 Å². The monoisotopic (exact) mass is 408 g/mol. The van der Waals surface area contributed by atoms with E-state index in [0.29, 0.717) is 5.69 Å². The van der Waals surface area contributed by atoms with Crippen LogP contribution in [0.5, 0.6) is 0 Å². The van der Waals surface area contributed by atoms with Crippen LogP contribution in [0.4, 0.5) is 5.69 Å². The zero-order valence-electron chi connectivity index (χ0n) is 16.8. The van der Waals surface area contributed by atoms with E-state index in [1.165, 1.54) is 16.9 Å². The number of carbonyl (C=O) groups excluding carboxylic acids is 2. The lowest BCUT2D eigenvalue weighted by Gasteiger charge is -2.11. The maximum Gasteiger partial charge on any atom is 0.312 e. The number of thiazole rings is 1. The quantitative estimate of drug-likeness (QED) is 0.575. The van der Waals surface area contributed by atoms with Crippen LogP contribution >= 0.6 is 11.3 Å². The Morgan fingerprint density at radius 1 is 1.07 bits per heavy atom. The first-order valence-corrected chi connectivity index (χ1v) is 10.4. The third kappa shape index (κ3) is 5.51. The second-order valence-electron chi connectivity index (χ2n) is 6.85. The van der Waals surface area contributed by atoms with Gasteiger partial charge in [-0.05, 0) is 37.0 Å². The van der Waals surface area contributed by atoms with E-state index in [2.05, 4.69) is 29.4 Å². The summed E-state index contributed by atoms with van der Waals surface area (Å²) >= 11 is 1.49. The minimum absolute atomic E-state index is 0.0419. The molecule has 6 heteroatoms. The number of nitrogens with zero attached hydrogens (tertiary/aromatic N) is 1. The lowest BCUT2D eigenvalue weighted by molar-refractivity contribution is -0.146. The molecule has 3 aromatic rings. The fraction of sp³-hybridized carbons (Fsp3) is 0.261. The van der Waals surface area contributed by atoms with Gasteiger partial charge >= 0.3 is 5.97 Å². The standard InChI is InChI=1S/C23H24N2O3S/c1-4-17-8-10-18(11-9-17)23-24-19(14-29-23)12-21(27)28-13-20(26)25-22-15(2)6-5-7-16(22)3/h5-11,14H,4,12-13H2,1-3H3,(H,25,26). The van der Waals surface area contributed by atoms with Gasteiger partial charge in [0.1, 0.15) is 5.01 Å². The number of carbonyl (C=O) groups is 2. The maximum absolute atomic E-state index is 12.1. The number of aromatic nitrogens is 1. The molecule has 0 unspecified atom stereocenters. The Hall–Kier alpha value is -2.99. The second-order valence-corrected chi connectivity index (χ2v) is 7.71. The highest BCUT2D eigenvalue weighted by molar-refractivity contribution is 7.13. The predicted octanol–water partition coefficient (Wildman–Crippen LogP) is 4.71. The fourth-order valence-corrected chi connectivity index (χ4v) is 3.76. The molecule has 0 spiro atoms. The van der Waals surface area contributed by atoms with E-state index in [0.717, 1.165) is 33.8 Å². The van der Waals surface area contributed by atoms with E-state index < -0.39 is 5.97 Å². The number of benzene rings is 2. The summed E-state index contributed by atoms with van der Waals surface area (Å²) < 4.78 is 5.12. The van der Waals surface area contributed by atoms with Crippen molar-refractivity contribution >= 4 is 28.9 Å². The topological polar surface area (TPSA) is 68.3 Å². The molecule has 0 saturated heterocycles. The van der Waals surface area contributed by atoms with Gasteiger partial charge in [0.05, 0.1) is 12.1 Å². The van der Waals surface area contributed by atoms with Crippen LogP contribution in [0.15, 0.2) is 47.8 Å². The van der Waals surface area contributed by atoms with Gasteiger partial charge in [-0.3, -0.25) is 9.59 Å². The first-order valence-electron chi connectivity index (χ1n) is 9.51. The first-order chi connectivity index (χ1) is 14.0. The summed E-state index contributed by atoms with van der Waals surface area (Å²) in [6, 6.07) is 14.0. The number of anilines is 1. The molecule has 0 aliphatic rings. The summed E-state index contributed by atoms with van der Waals surface area (Å²) in [4.78, 5) is 28.7. The van der Waals surface area contributed by atoms with Crippen molar-refractivity contribution in [2.45, 2.75) is 33.6 Å². The summed E-state index contributed by atoms with van der Waals surface area (Å²) in [6.45, 7) is 5.64. The molecule has 0 radical (unpaired) electrons. The van der Waals surface area contributed by atoms with Crippen molar-refractivity contribution in [1.82, 2.24) is 4.98 Å². The molecule has 5 nitrogen and oxygen atoms in total. The highest BCUT2D eigenvalue weighted by Gasteiger charge is 2.13. The Bertz CT molecular complexity index is 989. The lowest BCUT2D eigenvalue weighted by atomic mass is 10.1. The number of rotatable bonds is 7. The highest BCUT2D eigenvalue weighted by atomic mass is 32.1. The number of esters is 1. The average Bonchev–Trinajstić information content (AvgIpc) is 3.18. The zero-order chi connectivity index (χ0) is 20.8. The Kier molecular flexibility index (Phi) is 6.77. The number of amides is 1. The molecule has 1 aromatic heterocycles. The number of hydrogen-bond donors (Lipinski definition) is 1. The zero-order valence-corrected chi connectivity index (χ0v) is 17.6. The van der Waals surface area contributed by atoms with Gasteiger partial charge in [0.15, 0.2) is 6.61 Å². The van der Waals surface area contributed by atoms with Crippen molar-refractivity contribution in [3.63, 3.8) is 0 Å². The number of para-hydroxylation sites is 1. The average molecular weight is 409 g/mol. The van der Waals surface area contributed by atoms with Gasteiger partial charge < -0.3 is 10.1 Å².